The zero-order valence-electron chi connectivity index (χ0n) is 12.3. The molecular formula is C16H19N3O2. The van der Waals surface area contributed by atoms with E-state index in [1.165, 1.54) is 17.3 Å². The van der Waals surface area contributed by atoms with Crippen LogP contribution in [0.25, 0.3) is 0 Å². The molecule has 0 fully saturated rings. The van der Waals surface area contributed by atoms with Crippen LogP contribution in [0.15, 0.2) is 35.3 Å². The highest BCUT2D eigenvalue weighted by molar-refractivity contribution is 5.30. The lowest BCUT2D eigenvalue weighted by Crippen LogP contribution is -2.30. The number of aromatic hydroxyl groups is 1. The minimum atomic E-state index is -0.369. The highest BCUT2D eigenvalue weighted by Crippen LogP contribution is 2.30. The first kappa shape index (κ1) is 13.8. The Hall–Kier alpha value is -2.14. The highest BCUT2D eigenvalue weighted by atomic mass is 16.3. The van der Waals surface area contributed by atoms with E-state index < -0.39 is 0 Å². The molecule has 0 radical (unpaired) electrons. The van der Waals surface area contributed by atoms with Crippen molar-refractivity contribution in [3.8, 4) is 5.75 Å². The van der Waals surface area contributed by atoms with E-state index in [-0.39, 0.29) is 17.4 Å². The fraction of sp³-hybridized carbons (Fsp3) is 0.375. The predicted octanol–water partition coefficient (Wildman–Crippen LogP) is 2.05. The molecule has 2 aromatic rings. The van der Waals surface area contributed by atoms with Crippen LogP contribution in [0.5, 0.6) is 5.75 Å². The number of aromatic nitrogens is 2. The third-order valence-electron chi connectivity index (χ3n) is 4.16. The lowest BCUT2D eigenvalue weighted by Gasteiger charge is -2.25. The van der Waals surface area contributed by atoms with Crippen LogP contribution in [0, 0.1) is 0 Å². The van der Waals surface area contributed by atoms with Crippen LogP contribution in [0.4, 0.5) is 0 Å². The Morgan fingerprint density at radius 1 is 1.29 bits per heavy atom. The van der Waals surface area contributed by atoms with Crippen molar-refractivity contribution >= 4 is 0 Å². The Balaban J connectivity index is 1.93. The Labute approximate surface area is 123 Å². The summed E-state index contributed by atoms with van der Waals surface area (Å²) in [6.45, 7) is 6.16. The van der Waals surface area contributed by atoms with Crippen LogP contribution in [-0.2, 0) is 19.6 Å². The predicted molar refractivity (Wildman–Crippen MR) is 79.9 cm³/mol. The molecule has 0 aliphatic carbocycles. The number of benzene rings is 1. The van der Waals surface area contributed by atoms with E-state index in [0.717, 1.165) is 13.1 Å². The van der Waals surface area contributed by atoms with Crippen LogP contribution < -0.4 is 5.56 Å². The van der Waals surface area contributed by atoms with Crippen molar-refractivity contribution in [2.24, 2.45) is 0 Å². The summed E-state index contributed by atoms with van der Waals surface area (Å²) in [7, 11) is 0. The van der Waals surface area contributed by atoms with Crippen LogP contribution in [0.1, 0.15) is 36.8 Å². The molecule has 1 N–H and O–H groups in total. The standard InChI is InChI=1S/C16H19N3O2/c1-3-19-15(17-8-14(20)16(19)21)11(2)18-9-12-6-4-5-7-13(12)10-18/h4-8,11,20H,3,9-10H2,1-2H3. The van der Waals surface area contributed by atoms with Gasteiger partial charge in [0.15, 0.2) is 5.75 Å². The van der Waals surface area contributed by atoms with E-state index in [1.54, 1.807) is 4.57 Å². The Kier molecular flexibility index (Phi) is 3.51. The monoisotopic (exact) mass is 285 g/mol. The minimum absolute atomic E-state index is 0.0191. The van der Waals surface area contributed by atoms with Gasteiger partial charge in [0.1, 0.15) is 5.82 Å². The summed E-state index contributed by atoms with van der Waals surface area (Å²) >= 11 is 0. The number of nitrogens with zero attached hydrogens (tertiary/aromatic N) is 3. The molecule has 0 bridgehead atoms. The molecular weight excluding hydrogens is 266 g/mol. The molecule has 21 heavy (non-hydrogen) atoms. The smallest absolute Gasteiger partial charge is 0.295 e. The molecule has 2 heterocycles. The van der Waals surface area contributed by atoms with Gasteiger partial charge in [0, 0.05) is 19.6 Å². The maximum Gasteiger partial charge on any atom is 0.295 e. The van der Waals surface area contributed by atoms with E-state index in [9.17, 15) is 9.90 Å². The van der Waals surface area contributed by atoms with Crippen LogP contribution in [0.3, 0.4) is 0 Å². The van der Waals surface area contributed by atoms with Crippen molar-refractivity contribution in [1.82, 2.24) is 14.5 Å². The fourth-order valence-electron chi connectivity index (χ4n) is 2.93. The first-order valence-electron chi connectivity index (χ1n) is 7.21. The summed E-state index contributed by atoms with van der Waals surface area (Å²) < 4.78 is 1.54. The summed E-state index contributed by atoms with van der Waals surface area (Å²) in [6, 6.07) is 8.39. The van der Waals surface area contributed by atoms with E-state index in [0.29, 0.717) is 12.4 Å². The number of rotatable bonds is 3. The van der Waals surface area contributed by atoms with E-state index in [1.807, 2.05) is 19.1 Å². The molecule has 5 nitrogen and oxygen atoms in total. The maximum atomic E-state index is 12.0. The van der Waals surface area contributed by atoms with Crippen molar-refractivity contribution in [2.75, 3.05) is 0 Å². The quantitative estimate of drug-likeness (QED) is 0.937. The van der Waals surface area contributed by atoms with Crippen molar-refractivity contribution in [3.63, 3.8) is 0 Å². The molecule has 3 rings (SSSR count). The van der Waals surface area contributed by atoms with Gasteiger partial charge in [-0.25, -0.2) is 4.98 Å². The van der Waals surface area contributed by atoms with Gasteiger partial charge in [0.25, 0.3) is 5.56 Å². The normalized spacial score (nSPS) is 15.9. The number of hydrogen-bond donors (Lipinski definition) is 1. The summed E-state index contributed by atoms with van der Waals surface area (Å²) in [6.07, 6.45) is 1.25. The average Bonchev–Trinajstić information content (AvgIpc) is 2.93. The fourth-order valence-corrected chi connectivity index (χ4v) is 2.93. The van der Waals surface area contributed by atoms with E-state index in [4.69, 9.17) is 0 Å². The van der Waals surface area contributed by atoms with Gasteiger partial charge in [-0.1, -0.05) is 24.3 Å². The number of fused-ring (bicyclic) bond motifs is 1. The Morgan fingerprint density at radius 3 is 2.48 bits per heavy atom. The summed E-state index contributed by atoms with van der Waals surface area (Å²) in [5.74, 6) is 0.408. The molecule has 1 aliphatic heterocycles. The van der Waals surface area contributed by atoms with Gasteiger partial charge in [-0.3, -0.25) is 14.3 Å². The van der Waals surface area contributed by atoms with Crippen LogP contribution in [-0.4, -0.2) is 19.6 Å². The largest absolute Gasteiger partial charge is 0.502 e. The van der Waals surface area contributed by atoms with Gasteiger partial charge >= 0.3 is 0 Å². The zero-order chi connectivity index (χ0) is 15.0. The molecule has 1 aliphatic rings. The highest BCUT2D eigenvalue weighted by Gasteiger charge is 2.26. The minimum Gasteiger partial charge on any atom is -0.502 e. The number of hydrogen-bond acceptors (Lipinski definition) is 4. The molecule has 110 valence electrons. The van der Waals surface area contributed by atoms with Crippen molar-refractivity contribution < 1.29 is 5.11 Å². The second-order valence-corrected chi connectivity index (χ2v) is 5.40. The SMILES string of the molecule is CCn1c(C(C)N2Cc3ccccc3C2)ncc(O)c1=O. The van der Waals surface area contributed by atoms with Crippen molar-refractivity contribution in [3.05, 3.63) is 57.8 Å². The second-order valence-electron chi connectivity index (χ2n) is 5.40. The maximum absolute atomic E-state index is 12.0. The van der Waals surface area contributed by atoms with Crippen molar-refractivity contribution in [2.45, 2.75) is 39.5 Å². The molecule has 0 amide bonds. The average molecular weight is 285 g/mol. The van der Waals surface area contributed by atoms with Gasteiger partial charge in [-0.2, -0.15) is 0 Å². The third-order valence-corrected chi connectivity index (χ3v) is 4.16. The molecule has 0 spiro atoms. The zero-order valence-corrected chi connectivity index (χ0v) is 12.3. The molecule has 1 aromatic heterocycles. The van der Waals surface area contributed by atoms with Gasteiger partial charge in [-0.05, 0) is 25.0 Å². The van der Waals surface area contributed by atoms with Crippen LogP contribution in [0.2, 0.25) is 0 Å². The first-order valence-corrected chi connectivity index (χ1v) is 7.21. The van der Waals surface area contributed by atoms with E-state index in [2.05, 4.69) is 28.9 Å². The van der Waals surface area contributed by atoms with Gasteiger partial charge < -0.3 is 5.11 Å². The van der Waals surface area contributed by atoms with Gasteiger partial charge in [-0.15, -0.1) is 0 Å². The van der Waals surface area contributed by atoms with Gasteiger partial charge in [0.05, 0.1) is 12.2 Å². The molecule has 0 saturated carbocycles. The lowest BCUT2D eigenvalue weighted by molar-refractivity contribution is 0.200. The summed E-state index contributed by atoms with van der Waals surface area (Å²) in [5, 5.41) is 9.54. The second kappa shape index (κ2) is 5.33. The van der Waals surface area contributed by atoms with Crippen molar-refractivity contribution in [1.29, 1.82) is 0 Å². The Morgan fingerprint density at radius 2 is 1.90 bits per heavy atom. The molecule has 1 aromatic carbocycles. The van der Waals surface area contributed by atoms with Gasteiger partial charge in [0.2, 0.25) is 0 Å². The lowest BCUT2D eigenvalue weighted by atomic mass is 10.1. The van der Waals surface area contributed by atoms with E-state index >= 15 is 0 Å². The summed E-state index contributed by atoms with van der Waals surface area (Å²) in [4.78, 5) is 18.6. The molecule has 0 saturated heterocycles. The Bertz CT molecular complexity index is 699. The molecule has 1 unspecified atom stereocenters. The summed E-state index contributed by atoms with van der Waals surface area (Å²) in [5.41, 5.74) is 2.29. The topological polar surface area (TPSA) is 58.4 Å². The first-order chi connectivity index (χ1) is 10.1. The van der Waals surface area contributed by atoms with Crippen LogP contribution >= 0.6 is 0 Å². The third kappa shape index (κ3) is 2.34. The molecule has 1 atom stereocenters. The molecule has 5 heteroatoms.